The van der Waals surface area contributed by atoms with Crippen molar-refractivity contribution in [2.24, 2.45) is 11.3 Å². The van der Waals surface area contributed by atoms with Gasteiger partial charge in [0.2, 0.25) is 11.7 Å². The van der Waals surface area contributed by atoms with Crippen LogP contribution in [0, 0.1) is 23.0 Å². The lowest BCUT2D eigenvalue weighted by atomic mass is 9.81. The molecule has 0 amide bonds. The second-order valence-corrected chi connectivity index (χ2v) is 6.86. The lowest BCUT2D eigenvalue weighted by molar-refractivity contribution is -0.149. The van der Waals surface area contributed by atoms with Crippen molar-refractivity contribution >= 4 is 5.97 Å². The van der Waals surface area contributed by atoms with E-state index in [1.54, 1.807) is 0 Å². The van der Waals surface area contributed by atoms with E-state index in [0.717, 1.165) is 25.0 Å². The number of nitrogens with zero attached hydrogens (tertiary/aromatic N) is 3. The van der Waals surface area contributed by atoms with Gasteiger partial charge in [-0.2, -0.15) is 4.98 Å². The van der Waals surface area contributed by atoms with Gasteiger partial charge < -0.3 is 9.63 Å². The lowest BCUT2D eigenvalue weighted by Crippen LogP contribution is -2.35. The summed E-state index contributed by atoms with van der Waals surface area (Å²) < 4.78 is 31.5. The monoisotopic (exact) mass is 349 g/mol. The molecule has 1 saturated heterocycles. The minimum absolute atomic E-state index is 0.151. The number of hydrogen-bond acceptors (Lipinski definition) is 5. The fourth-order valence-electron chi connectivity index (χ4n) is 4.13. The van der Waals surface area contributed by atoms with Gasteiger partial charge in [0, 0.05) is 18.7 Å². The Morgan fingerprint density at radius 2 is 2.24 bits per heavy atom. The predicted octanol–water partition coefficient (Wildman–Crippen LogP) is 2.70. The quantitative estimate of drug-likeness (QED) is 0.914. The Bertz CT molecular complexity index is 825. The average molecular weight is 349 g/mol. The summed E-state index contributed by atoms with van der Waals surface area (Å²) in [5, 5.41) is 13.4. The first kappa shape index (κ1) is 16.1. The van der Waals surface area contributed by atoms with Crippen LogP contribution in [0.5, 0.6) is 0 Å². The molecule has 0 unspecified atom stereocenters. The largest absolute Gasteiger partial charge is 0.481 e. The van der Waals surface area contributed by atoms with Crippen molar-refractivity contribution in [1.82, 2.24) is 15.0 Å². The van der Waals surface area contributed by atoms with E-state index in [2.05, 4.69) is 10.1 Å². The van der Waals surface area contributed by atoms with E-state index in [4.69, 9.17) is 4.52 Å². The first-order valence-electron chi connectivity index (χ1n) is 8.22. The fourth-order valence-corrected chi connectivity index (χ4v) is 4.13. The zero-order chi connectivity index (χ0) is 17.6. The molecule has 1 aliphatic heterocycles. The Hall–Kier alpha value is -2.35. The number of aliphatic carboxylic acids is 1. The highest BCUT2D eigenvalue weighted by Crippen LogP contribution is 2.49. The van der Waals surface area contributed by atoms with Crippen molar-refractivity contribution in [2.75, 3.05) is 13.1 Å². The minimum atomic E-state index is -0.973. The topological polar surface area (TPSA) is 79.5 Å². The normalized spacial score (nSPS) is 26.1. The molecule has 0 radical (unpaired) electrons. The molecule has 25 heavy (non-hydrogen) atoms. The van der Waals surface area contributed by atoms with Gasteiger partial charge in [-0.3, -0.25) is 9.69 Å². The third kappa shape index (κ3) is 2.70. The third-order valence-electron chi connectivity index (χ3n) is 5.37. The van der Waals surface area contributed by atoms with Crippen molar-refractivity contribution < 1.29 is 23.2 Å². The number of carboxylic acid groups (broad SMARTS) is 1. The van der Waals surface area contributed by atoms with Crippen molar-refractivity contribution in [3.8, 4) is 11.4 Å². The Morgan fingerprint density at radius 1 is 1.40 bits per heavy atom. The predicted molar refractivity (Wildman–Crippen MR) is 82.3 cm³/mol. The molecule has 1 aliphatic carbocycles. The molecule has 2 fully saturated rings. The summed E-state index contributed by atoms with van der Waals surface area (Å²) in [6.45, 7) is 1.51. The molecule has 0 spiro atoms. The molecule has 2 heterocycles. The van der Waals surface area contributed by atoms with Crippen LogP contribution in [0.3, 0.4) is 0 Å². The third-order valence-corrected chi connectivity index (χ3v) is 5.37. The van der Waals surface area contributed by atoms with E-state index in [1.807, 2.05) is 4.90 Å². The standard InChI is InChI=1S/C17H17F2N3O3/c18-12-4-3-10(6-13(12)19)15-20-14(25-21-15)8-22-7-11-2-1-5-17(11,9-22)16(23)24/h3-4,6,11H,1-2,5,7-9H2,(H,23,24)/t11-,17+/m0/s1. The number of rotatable bonds is 4. The summed E-state index contributed by atoms with van der Waals surface area (Å²) in [5.41, 5.74) is -0.336. The number of hydrogen-bond donors (Lipinski definition) is 1. The molecule has 0 bridgehead atoms. The Labute approximate surface area is 142 Å². The Morgan fingerprint density at radius 3 is 2.96 bits per heavy atom. The van der Waals surface area contributed by atoms with Gasteiger partial charge in [0.15, 0.2) is 11.6 Å². The van der Waals surface area contributed by atoms with Crippen LogP contribution >= 0.6 is 0 Å². The highest BCUT2D eigenvalue weighted by Gasteiger charge is 2.54. The van der Waals surface area contributed by atoms with Gasteiger partial charge in [0.05, 0.1) is 12.0 Å². The fraction of sp³-hybridized carbons (Fsp3) is 0.471. The number of benzene rings is 1. The number of carboxylic acids is 1. The maximum absolute atomic E-state index is 13.3. The molecule has 1 N–H and O–H groups in total. The first-order valence-corrected chi connectivity index (χ1v) is 8.22. The summed E-state index contributed by atoms with van der Waals surface area (Å²) in [4.78, 5) is 17.9. The van der Waals surface area contributed by atoms with E-state index >= 15 is 0 Å². The van der Waals surface area contributed by atoms with E-state index in [1.165, 1.54) is 6.07 Å². The molecule has 1 aromatic carbocycles. The zero-order valence-electron chi connectivity index (χ0n) is 13.4. The molecule has 132 valence electrons. The van der Waals surface area contributed by atoms with Gasteiger partial charge in [-0.15, -0.1) is 0 Å². The maximum atomic E-state index is 13.3. The van der Waals surface area contributed by atoms with Crippen molar-refractivity contribution in [2.45, 2.75) is 25.8 Å². The smallest absolute Gasteiger partial charge is 0.311 e. The molecule has 4 rings (SSSR count). The van der Waals surface area contributed by atoms with E-state index < -0.39 is 23.0 Å². The minimum Gasteiger partial charge on any atom is -0.481 e. The number of fused-ring (bicyclic) bond motifs is 1. The van der Waals surface area contributed by atoms with E-state index in [0.29, 0.717) is 37.5 Å². The molecular formula is C17H17F2N3O3. The van der Waals surface area contributed by atoms with Crippen LogP contribution in [0.25, 0.3) is 11.4 Å². The molecule has 2 atom stereocenters. The molecule has 1 aromatic heterocycles. The van der Waals surface area contributed by atoms with Gasteiger partial charge >= 0.3 is 5.97 Å². The maximum Gasteiger partial charge on any atom is 0.311 e. The number of aromatic nitrogens is 2. The van der Waals surface area contributed by atoms with Gasteiger partial charge in [-0.05, 0) is 37.0 Å². The molecular weight excluding hydrogens is 332 g/mol. The number of halogens is 2. The van der Waals surface area contributed by atoms with Crippen LogP contribution < -0.4 is 0 Å². The number of likely N-dealkylation sites (tertiary alicyclic amines) is 1. The van der Waals surface area contributed by atoms with Crippen molar-refractivity contribution in [1.29, 1.82) is 0 Å². The summed E-state index contributed by atoms with van der Waals surface area (Å²) in [6, 6.07) is 3.41. The summed E-state index contributed by atoms with van der Waals surface area (Å²) in [6.07, 6.45) is 2.58. The van der Waals surface area contributed by atoms with Crippen molar-refractivity contribution in [3.63, 3.8) is 0 Å². The van der Waals surface area contributed by atoms with Crippen molar-refractivity contribution in [3.05, 3.63) is 35.7 Å². The Balaban J connectivity index is 1.49. The van der Waals surface area contributed by atoms with Gasteiger partial charge in [0.25, 0.3) is 0 Å². The second kappa shape index (κ2) is 5.87. The van der Waals surface area contributed by atoms with Crippen LogP contribution in [-0.2, 0) is 11.3 Å². The number of carbonyl (C=O) groups is 1. The van der Waals surface area contributed by atoms with E-state index in [-0.39, 0.29) is 11.7 Å². The SMILES string of the molecule is O=C(O)[C@@]12CCC[C@H]1CN(Cc1nc(-c3ccc(F)c(F)c3)no1)C2. The Kier molecular flexibility index (Phi) is 3.79. The highest BCUT2D eigenvalue weighted by atomic mass is 19.2. The summed E-state index contributed by atoms with van der Waals surface area (Å²) in [5.74, 6) is -1.97. The van der Waals surface area contributed by atoms with Gasteiger partial charge in [-0.1, -0.05) is 11.6 Å². The van der Waals surface area contributed by atoms with Gasteiger partial charge in [-0.25, -0.2) is 8.78 Å². The van der Waals surface area contributed by atoms with Crippen LogP contribution in [0.4, 0.5) is 8.78 Å². The van der Waals surface area contributed by atoms with Crippen LogP contribution in [0.1, 0.15) is 25.2 Å². The first-order chi connectivity index (χ1) is 12.0. The molecule has 2 aromatic rings. The van der Waals surface area contributed by atoms with E-state index in [9.17, 15) is 18.7 Å². The summed E-state index contributed by atoms with van der Waals surface area (Å²) >= 11 is 0. The van der Waals surface area contributed by atoms with Crippen LogP contribution in [0.15, 0.2) is 22.7 Å². The molecule has 8 heteroatoms. The highest BCUT2D eigenvalue weighted by molar-refractivity contribution is 5.76. The molecule has 2 aliphatic rings. The van der Waals surface area contributed by atoms with Gasteiger partial charge in [0.1, 0.15) is 0 Å². The van der Waals surface area contributed by atoms with Crippen LogP contribution in [-0.4, -0.2) is 39.2 Å². The average Bonchev–Trinajstić information content (AvgIpc) is 3.24. The molecule has 6 nitrogen and oxygen atoms in total. The lowest BCUT2D eigenvalue weighted by Gasteiger charge is -2.23. The zero-order valence-corrected chi connectivity index (χ0v) is 13.4. The molecule has 1 saturated carbocycles. The second-order valence-electron chi connectivity index (χ2n) is 6.86. The summed E-state index contributed by atoms with van der Waals surface area (Å²) in [7, 11) is 0. The van der Waals surface area contributed by atoms with Crippen LogP contribution in [0.2, 0.25) is 0 Å².